The zero-order valence-corrected chi connectivity index (χ0v) is 11.7. The van der Waals surface area contributed by atoms with Gasteiger partial charge < -0.3 is 10.4 Å². The number of unbranched alkanes of at least 4 members (excludes halogenated alkanes) is 2. The number of aliphatic carboxylic acids is 1. The van der Waals surface area contributed by atoms with Crippen molar-refractivity contribution in [3.63, 3.8) is 0 Å². The highest BCUT2D eigenvalue weighted by atomic mass is 16.4. The minimum atomic E-state index is -0.793. The fourth-order valence-electron chi connectivity index (χ4n) is 1.76. The van der Waals surface area contributed by atoms with Crippen molar-refractivity contribution >= 4 is 18.0 Å². The molecule has 0 radical (unpaired) electrons. The Morgan fingerprint density at radius 3 is 2.71 bits per heavy atom. The molecule has 2 N–H and O–H groups in total. The molecular formula is C16H18N2O3. The maximum Gasteiger partial charge on any atom is 0.303 e. The van der Waals surface area contributed by atoms with Crippen LogP contribution in [0.1, 0.15) is 36.8 Å². The van der Waals surface area contributed by atoms with E-state index in [9.17, 15) is 9.59 Å². The third kappa shape index (κ3) is 6.92. The van der Waals surface area contributed by atoms with Crippen LogP contribution in [0, 0.1) is 11.3 Å². The zero-order valence-electron chi connectivity index (χ0n) is 11.7. The minimum Gasteiger partial charge on any atom is -0.481 e. The summed E-state index contributed by atoms with van der Waals surface area (Å²) < 4.78 is 0. The maximum atomic E-state index is 11.6. The van der Waals surface area contributed by atoms with Crippen molar-refractivity contribution < 1.29 is 14.7 Å². The van der Waals surface area contributed by atoms with Gasteiger partial charge in [-0.25, -0.2) is 0 Å². The lowest BCUT2D eigenvalue weighted by molar-refractivity contribution is -0.137. The molecule has 0 bridgehead atoms. The summed E-state index contributed by atoms with van der Waals surface area (Å²) in [4.78, 5) is 21.9. The molecule has 0 spiro atoms. The van der Waals surface area contributed by atoms with Gasteiger partial charge in [-0.05, 0) is 30.5 Å². The molecule has 5 nitrogen and oxygen atoms in total. The highest BCUT2D eigenvalue weighted by molar-refractivity contribution is 5.92. The predicted octanol–water partition coefficient (Wildman–Crippen LogP) is 2.33. The van der Waals surface area contributed by atoms with Crippen molar-refractivity contribution in [2.24, 2.45) is 0 Å². The number of nitrogens with zero attached hydrogens (tertiary/aromatic N) is 1. The van der Waals surface area contributed by atoms with Gasteiger partial charge >= 0.3 is 5.97 Å². The second-order valence-corrected chi connectivity index (χ2v) is 4.53. The summed E-state index contributed by atoms with van der Waals surface area (Å²) in [6.45, 7) is 0.517. The van der Waals surface area contributed by atoms with Crippen LogP contribution in [0.15, 0.2) is 30.3 Å². The number of nitrogens with one attached hydrogen (secondary N) is 1. The first-order valence-corrected chi connectivity index (χ1v) is 6.80. The summed E-state index contributed by atoms with van der Waals surface area (Å²) in [5, 5.41) is 20.1. The molecule has 1 rings (SSSR count). The van der Waals surface area contributed by atoms with Crippen molar-refractivity contribution in [3.05, 3.63) is 41.5 Å². The minimum absolute atomic E-state index is 0.165. The molecule has 0 atom stereocenters. The summed E-state index contributed by atoms with van der Waals surface area (Å²) >= 11 is 0. The predicted molar refractivity (Wildman–Crippen MR) is 79.3 cm³/mol. The van der Waals surface area contributed by atoms with Crippen LogP contribution >= 0.6 is 0 Å². The Morgan fingerprint density at radius 1 is 1.24 bits per heavy atom. The normalized spacial score (nSPS) is 10.2. The third-order valence-electron chi connectivity index (χ3n) is 2.86. The van der Waals surface area contributed by atoms with Gasteiger partial charge in [0.05, 0.1) is 11.6 Å². The average molecular weight is 286 g/mol. The standard InChI is InChI=1S/C16H18N2O3/c17-12-14-7-4-3-6-13(14)9-10-15(19)18-11-5-1-2-8-16(20)21/h3-4,6-7,9-10H,1-2,5,8,11H2,(H,18,19)(H,20,21)/b10-9-. The first kappa shape index (κ1) is 16.4. The number of carbonyl (C=O) groups is 2. The maximum absolute atomic E-state index is 11.6. The second kappa shape index (κ2) is 9.32. The van der Waals surface area contributed by atoms with E-state index in [0.717, 1.165) is 12.8 Å². The molecule has 0 aliphatic carbocycles. The first-order valence-electron chi connectivity index (χ1n) is 6.80. The van der Waals surface area contributed by atoms with Crippen LogP contribution < -0.4 is 5.32 Å². The molecule has 1 aromatic rings. The molecule has 0 unspecified atom stereocenters. The molecule has 0 saturated carbocycles. The first-order chi connectivity index (χ1) is 10.1. The quantitative estimate of drug-likeness (QED) is 0.567. The SMILES string of the molecule is N#Cc1ccccc1/C=C\C(=O)NCCCCCC(=O)O. The molecule has 1 amide bonds. The summed E-state index contributed by atoms with van der Waals surface area (Å²) in [6.07, 6.45) is 5.32. The monoisotopic (exact) mass is 286 g/mol. The average Bonchev–Trinajstić information content (AvgIpc) is 2.48. The molecule has 0 aliphatic heterocycles. The molecule has 110 valence electrons. The Hall–Kier alpha value is -2.61. The van der Waals surface area contributed by atoms with E-state index >= 15 is 0 Å². The summed E-state index contributed by atoms with van der Waals surface area (Å²) in [5.41, 5.74) is 1.23. The summed E-state index contributed by atoms with van der Waals surface area (Å²) in [6, 6.07) is 9.11. The van der Waals surface area contributed by atoms with Crippen LogP contribution in [0.5, 0.6) is 0 Å². The number of rotatable bonds is 8. The van der Waals surface area contributed by atoms with Crippen molar-refractivity contribution in [1.29, 1.82) is 5.26 Å². The van der Waals surface area contributed by atoms with E-state index < -0.39 is 5.97 Å². The Balaban J connectivity index is 2.29. The molecule has 0 aromatic heterocycles. The smallest absolute Gasteiger partial charge is 0.303 e. The lowest BCUT2D eigenvalue weighted by Crippen LogP contribution is -2.22. The molecule has 21 heavy (non-hydrogen) atoms. The summed E-state index contributed by atoms with van der Waals surface area (Å²) in [5.74, 6) is -1.01. The van der Waals surface area contributed by atoms with Gasteiger partial charge in [0.1, 0.15) is 0 Å². The number of hydrogen-bond donors (Lipinski definition) is 2. The van der Waals surface area contributed by atoms with E-state index in [1.807, 2.05) is 0 Å². The van der Waals surface area contributed by atoms with E-state index in [1.54, 1.807) is 30.3 Å². The van der Waals surface area contributed by atoms with Gasteiger partial charge in [-0.15, -0.1) is 0 Å². The fourth-order valence-corrected chi connectivity index (χ4v) is 1.76. The summed E-state index contributed by atoms with van der Waals surface area (Å²) in [7, 11) is 0. The van der Waals surface area contributed by atoms with Gasteiger partial charge in [0, 0.05) is 19.0 Å². The van der Waals surface area contributed by atoms with Crippen molar-refractivity contribution in [1.82, 2.24) is 5.32 Å². The Bertz CT molecular complexity index is 559. The fraction of sp³-hybridized carbons (Fsp3) is 0.312. The van der Waals surface area contributed by atoms with E-state index in [1.165, 1.54) is 6.08 Å². The third-order valence-corrected chi connectivity index (χ3v) is 2.86. The zero-order chi connectivity index (χ0) is 15.5. The largest absolute Gasteiger partial charge is 0.481 e. The molecule has 0 aliphatic rings. The molecule has 0 saturated heterocycles. The number of carboxylic acid groups (broad SMARTS) is 1. The van der Waals surface area contributed by atoms with E-state index in [-0.39, 0.29) is 12.3 Å². The molecule has 5 heteroatoms. The van der Waals surface area contributed by atoms with Crippen LogP contribution in [0.4, 0.5) is 0 Å². The highest BCUT2D eigenvalue weighted by Gasteiger charge is 1.99. The van der Waals surface area contributed by atoms with Gasteiger partial charge in [0.2, 0.25) is 5.91 Å². The van der Waals surface area contributed by atoms with Gasteiger partial charge in [-0.1, -0.05) is 24.6 Å². The van der Waals surface area contributed by atoms with Crippen LogP contribution in [0.25, 0.3) is 6.08 Å². The van der Waals surface area contributed by atoms with E-state index in [4.69, 9.17) is 10.4 Å². The van der Waals surface area contributed by atoms with Gasteiger partial charge in [-0.3, -0.25) is 9.59 Å². The number of nitriles is 1. The van der Waals surface area contributed by atoms with Crippen LogP contribution in [-0.2, 0) is 9.59 Å². The van der Waals surface area contributed by atoms with Crippen LogP contribution in [0.3, 0.4) is 0 Å². The Morgan fingerprint density at radius 2 is 2.00 bits per heavy atom. The number of amides is 1. The Labute approximate surface area is 123 Å². The van der Waals surface area contributed by atoms with Crippen LogP contribution in [0.2, 0.25) is 0 Å². The van der Waals surface area contributed by atoms with Gasteiger partial charge in [0.25, 0.3) is 0 Å². The molecular weight excluding hydrogens is 268 g/mol. The van der Waals surface area contributed by atoms with Crippen molar-refractivity contribution in [3.8, 4) is 6.07 Å². The molecule has 0 heterocycles. The van der Waals surface area contributed by atoms with Crippen molar-refractivity contribution in [2.75, 3.05) is 6.54 Å². The number of carboxylic acids is 1. The number of hydrogen-bond acceptors (Lipinski definition) is 3. The molecule has 0 fully saturated rings. The Kier molecular flexibility index (Phi) is 7.30. The van der Waals surface area contributed by atoms with Gasteiger partial charge in [-0.2, -0.15) is 5.26 Å². The van der Waals surface area contributed by atoms with Crippen molar-refractivity contribution in [2.45, 2.75) is 25.7 Å². The lowest BCUT2D eigenvalue weighted by Gasteiger charge is -2.02. The topological polar surface area (TPSA) is 90.2 Å². The number of carbonyl (C=O) groups excluding carboxylic acids is 1. The van der Waals surface area contributed by atoms with Gasteiger partial charge in [0.15, 0.2) is 0 Å². The number of benzene rings is 1. The lowest BCUT2D eigenvalue weighted by atomic mass is 10.1. The second-order valence-electron chi connectivity index (χ2n) is 4.53. The molecule has 1 aromatic carbocycles. The van der Waals surface area contributed by atoms with E-state index in [2.05, 4.69) is 11.4 Å². The van der Waals surface area contributed by atoms with Crippen LogP contribution in [-0.4, -0.2) is 23.5 Å². The van der Waals surface area contributed by atoms with E-state index in [0.29, 0.717) is 24.1 Å². The highest BCUT2D eigenvalue weighted by Crippen LogP contribution is 2.08.